The van der Waals surface area contributed by atoms with E-state index in [1.54, 1.807) is 6.92 Å². The van der Waals surface area contributed by atoms with E-state index in [4.69, 9.17) is 0 Å². The molecule has 11 heteroatoms. The Hall–Kier alpha value is -2.56. The van der Waals surface area contributed by atoms with E-state index in [9.17, 15) is 21.9 Å². The zero-order valence-electron chi connectivity index (χ0n) is 13.6. The van der Waals surface area contributed by atoms with Gasteiger partial charge in [0.1, 0.15) is 12.1 Å². The van der Waals surface area contributed by atoms with E-state index < -0.39 is 23.5 Å². The number of hydrogen-bond donors (Lipinski definition) is 1. The predicted molar refractivity (Wildman–Crippen MR) is 90.7 cm³/mol. The molecule has 1 unspecified atom stereocenters. The molecule has 1 aromatic carbocycles. The molecule has 26 heavy (non-hydrogen) atoms. The third-order valence-electron chi connectivity index (χ3n) is 3.97. The Kier molecular flexibility index (Phi) is 4.65. The smallest absolute Gasteiger partial charge is 0.372 e. The van der Waals surface area contributed by atoms with Crippen molar-refractivity contribution in [2.45, 2.75) is 19.1 Å². The average Bonchev–Trinajstić information content (AvgIpc) is 3.08. The molecule has 0 amide bonds. The van der Waals surface area contributed by atoms with Gasteiger partial charge < -0.3 is 5.32 Å². The van der Waals surface area contributed by atoms with Crippen LogP contribution in [0.3, 0.4) is 0 Å². The fourth-order valence-corrected chi connectivity index (χ4v) is 2.92. The summed E-state index contributed by atoms with van der Waals surface area (Å²) in [5, 5.41) is 3.06. The lowest BCUT2D eigenvalue weighted by atomic mass is 10.1. The lowest BCUT2D eigenvalue weighted by Gasteiger charge is -2.18. The Bertz CT molecular complexity index is 1010. The van der Waals surface area contributed by atoms with Crippen LogP contribution >= 0.6 is 12.3 Å². The summed E-state index contributed by atoms with van der Waals surface area (Å²) in [5.41, 5.74) is -1.26. The van der Waals surface area contributed by atoms with Crippen LogP contribution in [0.5, 0.6) is 0 Å². The van der Waals surface area contributed by atoms with Gasteiger partial charge in [0.05, 0.1) is 22.8 Å². The number of hydrogen-bond acceptors (Lipinski definition) is 5. The maximum atomic E-state index is 13.1. The van der Waals surface area contributed by atoms with Crippen LogP contribution in [0.1, 0.15) is 24.2 Å². The van der Waals surface area contributed by atoms with Gasteiger partial charge in [0.15, 0.2) is 12.3 Å². The molecule has 1 N–H and O–H groups in total. The highest BCUT2D eigenvalue weighted by atomic mass is 32.2. The van der Waals surface area contributed by atoms with Crippen molar-refractivity contribution in [3.8, 4) is 0 Å². The first-order valence-electron chi connectivity index (χ1n) is 7.40. The number of aromatic nitrogens is 4. The molecule has 3 aromatic rings. The Balaban J connectivity index is 2.28. The third-order valence-corrected chi connectivity index (χ3v) is 4.32. The Labute approximate surface area is 149 Å². The van der Waals surface area contributed by atoms with Crippen LogP contribution in [0, 0.1) is 0 Å². The van der Waals surface area contributed by atoms with Gasteiger partial charge in [-0.2, -0.15) is 18.2 Å². The van der Waals surface area contributed by atoms with E-state index in [0.29, 0.717) is 11.1 Å². The van der Waals surface area contributed by atoms with Crippen molar-refractivity contribution in [2.24, 2.45) is 0 Å². The van der Waals surface area contributed by atoms with Gasteiger partial charge in [-0.05, 0) is 25.1 Å². The Morgan fingerprint density at radius 2 is 2.04 bits per heavy atom. The highest BCUT2D eigenvalue weighted by Crippen LogP contribution is 2.33. The first kappa shape index (κ1) is 18.2. The van der Waals surface area contributed by atoms with Gasteiger partial charge >= 0.3 is 11.9 Å². The number of halogens is 4. The van der Waals surface area contributed by atoms with Gasteiger partial charge in [0.25, 0.3) is 0 Å². The molecule has 0 radical (unpaired) electrons. The molecule has 1 atom stereocenters. The van der Waals surface area contributed by atoms with Crippen LogP contribution in [-0.2, 0) is 6.18 Å². The summed E-state index contributed by atoms with van der Waals surface area (Å²) in [6, 6.07) is 2.34. The van der Waals surface area contributed by atoms with Crippen LogP contribution in [0.25, 0.3) is 10.9 Å². The molecule has 0 aliphatic carbocycles. The molecule has 0 saturated carbocycles. The second kappa shape index (κ2) is 6.63. The normalized spacial score (nSPS) is 13.2. The zero-order valence-corrected chi connectivity index (χ0v) is 14.4. The molecule has 3 rings (SSSR count). The molecule has 0 bridgehead atoms. The van der Waals surface area contributed by atoms with Crippen molar-refractivity contribution in [2.75, 3.05) is 12.4 Å². The monoisotopic (exact) mass is 387 g/mol. The second-order valence-electron chi connectivity index (χ2n) is 5.50. The number of nitrogens with one attached hydrogen (secondary N) is 1. The summed E-state index contributed by atoms with van der Waals surface area (Å²) >= 11 is -0.0857. The molecule has 2 heterocycles. The summed E-state index contributed by atoms with van der Waals surface area (Å²) < 4.78 is 54.2. The molecule has 2 aromatic heterocycles. The molecule has 0 aliphatic heterocycles. The number of anilines is 1. The largest absolute Gasteiger partial charge is 0.416 e. The molecule has 0 saturated heterocycles. The number of rotatable bonds is 4. The van der Waals surface area contributed by atoms with E-state index in [-0.39, 0.29) is 23.7 Å². The summed E-state index contributed by atoms with van der Waals surface area (Å²) in [6.45, 7) is 1.58. The summed E-state index contributed by atoms with van der Waals surface area (Å²) in [4.78, 5) is 20.4. The second-order valence-corrected chi connectivity index (χ2v) is 6.06. The van der Waals surface area contributed by atoms with E-state index in [0.717, 1.165) is 20.7 Å². The Morgan fingerprint density at radius 1 is 1.31 bits per heavy atom. The van der Waals surface area contributed by atoms with Gasteiger partial charge in [-0.1, -0.05) is 0 Å². The number of nitrogens with zero attached hydrogens (tertiary/aromatic N) is 4. The minimum absolute atomic E-state index is 0.0547. The SMILES string of the molecule is CNc1nc(=O)n(C(C)c2cn(SF)cn2)c2cc(C(F)(F)F)ccc12. The van der Waals surface area contributed by atoms with Crippen molar-refractivity contribution in [3.05, 3.63) is 52.5 Å². The van der Waals surface area contributed by atoms with Crippen molar-refractivity contribution in [1.29, 1.82) is 0 Å². The van der Waals surface area contributed by atoms with Gasteiger partial charge in [0, 0.05) is 18.6 Å². The first-order valence-corrected chi connectivity index (χ1v) is 8.08. The average molecular weight is 387 g/mol. The fourth-order valence-electron chi connectivity index (χ4n) is 2.69. The summed E-state index contributed by atoms with van der Waals surface area (Å²) in [6.07, 6.45) is -2.00. The van der Waals surface area contributed by atoms with E-state index in [1.807, 2.05) is 0 Å². The third kappa shape index (κ3) is 3.14. The van der Waals surface area contributed by atoms with Crippen molar-refractivity contribution >= 4 is 29.1 Å². The van der Waals surface area contributed by atoms with Crippen LogP contribution in [0.4, 0.5) is 22.9 Å². The summed E-state index contributed by atoms with van der Waals surface area (Å²) in [7, 11) is 1.52. The van der Waals surface area contributed by atoms with Gasteiger partial charge in [0.2, 0.25) is 0 Å². The topological polar surface area (TPSA) is 64.7 Å². The first-order chi connectivity index (χ1) is 12.3. The molecule has 138 valence electrons. The lowest BCUT2D eigenvalue weighted by Crippen LogP contribution is -2.28. The van der Waals surface area contributed by atoms with E-state index in [1.165, 1.54) is 25.6 Å². The highest BCUT2D eigenvalue weighted by molar-refractivity contribution is 7.92. The van der Waals surface area contributed by atoms with Crippen LogP contribution in [-0.4, -0.2) is 25.6 Å². The van der Waals surface area contributed by atoms with Crippen LogP contribution in [0.15, 0.2) is 35.5 Å². The lowest BCUT2D eigenvalue weighted by molar-refractivity contribution is -0.137. The highest BCUT2D eigenvalue weighted by Gasteiger charge is 2.31. The molecular weight excluding hydrogens is 374 g/mol. The van der Waals surface area contributed by atoms with Gasteiger partial charge in [-0.25, -0.2) is 9.78 Å². The molecular formula is C15H13F4N5OS. The summed E-state index contributed by atoms with van der Waals surface area (Å²) in [5.74, 6) is 0.173. The number of imidazole rings is 1. The van der Waals surface area contributed by atoms with E-state index in [2.05, 4.69) is 15.3 Å². The predicted octanol–water partition coefficient (Wildman–Crippen LogP) is 3.64. The maximum absolute atomic E-state index is 13.1. The van der Waals surface area contributed by atoms with Crippen molar-refractivity contribution in [1.82, 2.24) is 18.5 Å². The number of fused-ring (bicyclic) bond motifs is 1. The minimum Gasteiger partial charge on any atom is -0.372 e. The van der Waals surface area contributed by atoms with Crippen molar-refractivity contribution < 1.29 is 17.1 Å². The number of benzene rings is 1. The zero-order chi connectivity index (χ0) is 19.1. The molecule has 0 fully saturated rings. The number of alkyl halides is 3. The molecule has 0 aliphatic rings. The van der Waals surface area contributed by atoms with Crippen molar-refractivity contribution in [3.63, 3.8) is 0 Å². The van der Waals surface area contributed by atoms with Crippen LogP contribution in [0.2, 0.25) is 0 Å². The minimum atomic E-state index is -4.56. The molecule has 6 nitrogen and oxygen atoms in total. The standard InChI is InChI=1S/C15H13F4N5OS/c1-8(11-6-23(26-19)7-21-11)24-12-5-9(15(16,17)18)3-4-10(12)13(20-2)22-14(24)25/h3-8H,1-2H3,(H,20,22,25). The fraction of sp³-hybridized carbons (Fsp3) is 0.267. The van der Waals surface area contributed by atoms with Gasteiger partial charge in [-0.15, -0.1) is 3.89 Å². The maximum Gasteiger partial charge on any atom is 0.416 e. The van der Waals surface area contributed by atoms with Crippen LogP contribution < -0.4 is 11.0 Å². The quantitative estimate of drug-likeness (QED) is 0.693. The van der Waals surface area contributed by atoms with E-state index >= 15 is 0 Å². The van der Waals surface area contributed by atoms with Gasteiger partial charge in [-0.3, -0.25) is 8.54 Å². The Morgan fingerprint density at radius 3 is 2.62 bits per heavy atom. The molecule has 0 spiro atoms.